The molecule has 6 heteroatoms. The monoisotopic (exact) mass is 321 g/mol. The predicted molar refractivity (Wildman–Crippen MR) is 90.7 cm³/mol. The van der Waals surface area contributed by atoms with E-state index in [0.29, 0.717) is 5.82 Å². The summed E-state index contributed by atoms with van der Waals surface area (Å²) < 4.78 is 5.36. The zero-order chi connectivity index (χ0) is 16.9. The molecule has 0 aliphatic rings. The van der Waals surface area contributed by atoms with Crippen LogP contribution >= 0.6 is 0 Å². The number of rotatable bonds is 5. The fourth-order valence-corrected chi connectivity index (χ4v) is 2.27. The molecule has 0 saturated carbocycles. The molecule has 0 bridgehead atoms. The predicted octanol–water partition coefficient (Wildman–Crippen LogP) is 3.59. The molecule has 3 aromatic rings. The minimum absolute atomic E-state index is 0.234. The lowest BCUT2D eigenvalue weighted by Gasteiger charge is -2.10. The van der Waals surface area contributed by atoms with E-state index in [2.05, 4.69) is 15.3 Å². The average Bonchev–Trinajstić information content (AvgIpc) is 2.62. The van der Waals surface area contributed by atoms with Gasteiger partial charge in [-0.2, -0.15) is 0 Å². The summed E-state index contributed by atoms with van der Waals surface area (Å²) in [5.74, 6) is 0.379. The Morgan fingerprint density at radius 3 is 2.54 bits per heavy atom. The highest BCUT2D eigenvalue weighted by Crippen LogP contribution is 2.29. The van der Waals surface area contributed by atoms with Crippen molar-refractivity contribution in [1.82, 2.24) is 9.97 Å². The molecular formula is C18H15N3O3. The first-order valence-electron chi connectivity index (χ1n) is 7.23. The number of carboxylic acids is 1. The van der Waals surface area contributed by atoms with Gasteiger partial charge in [-0.1, -0.05) is 12.1 Å². The number of aromatic nitrogens is 2. The number of methoxy groups -OCH3 is 1. The second-order valence-corrected chi connectivity index (χ2v) is 5.00. The molecule has 0 saturated heterocycles. The van der Waals surface area contributed by atoms with Crippen LogP contribution in [0.1, 0.15) is 10.4 Å². The molecule has 3 rings (SSSR count). The van der Waals surface area contributed by atoms with E-state index in [1.54, 1.807) is 19.2 Å². The zero-order valence-electron chi connectivity index (χ0n) is 12.9. The fraction of sp³-hybridized carbons (Fsp3) is 0.0556. The molecule has 0 unspecified atom stereocenters. The normalized spacial score (nSPS) is 10.2. The van der Waals surface area contributed by atoms with Crippen molar-refractivity contribution in [2.24, 2.45) is 0 Å². The Labute approximate surface area is 138 Å². The van der Waals surface area contributed by atoms with Gasteiger partial charge in [-0.25, -0.2) is 14.8 Å². The zero-order valence-corrected chi connectivity index (χ0v) is 12.9. The largest absolute Gasteiger partial charge is 0.496 e. The summed E-state index contributed by atoms with van der Waals surface area (Å²) in [6, 6.07) is 15.9. The van der Waals surface area contributed by atoms with Crippen LogP contribution in [0.2, 0.25) is 0 Å². The summed E-state index contributed by atoms with van der Waals surface area (Å²) in [6.07, 6.45) is 1.47. The van der Waals surface area contributed by atoms with Crippen LogP contribution in [-0.4, -0.2) is 28.2 Å². The van der Waals surface area contributed by atoms with Crippen LogP contribution in [0.25, 0.3) is 11.3 Å². The molecule has 2 N–H and O–H groups in total. The molecule has 0 amide bonds. The highest BCUT2D eigenvalue weighted by molar-refractivity contribution is 5.88. The summed E-state index contributed by atoms with van der Waals surface area (Å²) in [6.45, 7) is 0. The van der Waals surface area contributed by atoms with Gasteiger partial charge in [0.15, 0.2) is 0 Å². The Balaban J connectivity index is 1.86. The SMILES string of the molecule is COc1ccccc1-c1cc(Nc2ccc(C(=O)O)cc2)ncn1. The van der Waals surface area contributed by atoms with E-state index in [4.69, 9.17) is 9.84 Å². The van der Waals surface area contributed by atoms with Crippen LogP contribution in [0.3, 0.4) is 0 Å². The van der Waals surface area contributed by atoms with Crippen LogP contribution in [0.5, 0.6) is 5.75 Å². The van der Waals surface area contributed by atoms with E-state index in [-0.39, 0.29) is 5.56 Å². The fourth-order valence-electron chi connectivity index (χ4n) is 2.27. The van der Waals surface area contributed by atoms with Crippen molar-refractivity contribution in [2.45, 2.75) is 0 Å². The number of benzene rings is 2. The molecule has 1 aromatic heterocycles. The molecule has 0 fully saturated rings. The van der Waals surface area contributed by atoms with Crippen molar-refractivity contribution < 1.29 is 14.6 Å². The van der Waals surface area contributed by atoms with Crippen molar-refractivity contribution in [3.05, 3.63) is 66.5 Å². The van der Waals surface area contributed by atoms with Crippen molar-refractivity contribution in [2.75, 3.05) is 12.4 Å². The van der Waals surface area contributed by atoms with Gasteiger partial charge in [0.1, 0.15) is 17.9 Å². The lowest BCUT2D eigenvalue weighted by Crippen LogP contribution is -1.98. The molecule has 0 aliphatic heterocycles. The smallest absolute Gasteiger partial charge is 0.335 e. The van der Waals surface area contributed by atoms with E-state index >= 15 is 0 Å². The van der Waals surface area contributed by atoms with Gasteiger partial charge in [0, 0.05) is 17.3 Å². The van der Waals surface area contributed by atoms with Crippen LogP contribution in [-0.2, 0) is 0 Å². The van der Waals surface area contributed by atoms with Gasteiger partial charge in [0.05, 0.1) is 18.4 Å². The summed E-state index contributed by atoms with van der Waals surface area (Å²) in [5, 5.41) is 12.1. The van der Waals surface area contributed by atoms with Crippen molar-refractivity contribution in [1.29, 1.82) is 0 Å². The maximum Gasteiger partial charge on any atom is 0.335 e. The molecule has 0 aliphatic carbocycles. The van der Waals surface area contributed by atoms with Crippen molar-refractivity contribution >= 4 is 17.5 Å². The number of para-hydroxylation sites is 1. The first kappa shape index (κ1) is 15.5. The number of carboxylic acid groups (broad SMARTS) is 1. The van der Waals surface area contributed by atoms with Gasteiger partial charge in [0.25, 0.3) is 0 Å². The second kappa shape index (κ2) is 6.78. The molecule has 1 heterocycles. The molecular weight excluding hydrogens is 306 g/mol. The van der Waals surface area contributed by atoms with E-state index in [1.165, 1.54) is 18.5 Å². The lowest BCUT2D eigenvalue weighted by molar-refractivity contribution is 0.0697. The Morgan fingerprint density at radius 2 is 1.83 bits per heavy atom. The number of ether oxygens (including phenoxy) is 1. The molecule has 120 valence electrons. The van der Waals surface area contributed by atoms with E-state index in [9.17, 15) is 4.79 Å². The third-order valence-corrected chi connectivity index (χ3v) is 3.45. The van der Waals surface area contributed by atoms with Crippen LogP contribution in [0.4, 0.5) is 11.5 Å². The third kappa shape index (κ3) is 3.33. The second-order valence-electron chi connectivity index (χ2n) is 5.00. The molecule has 0 atom stereocenters. The van der Waals surface area contributed by atoms with Gasteiger partial charge in [-0.3, -0.25) is 0 Å². The van der Waals surface area contributed by atoms with E-state index < -0.39 is 5.97 Å². The number of aromatic carboxylic acids is 1. The summed E-state index contributed by atoms with van der Waals surface area (Å²) >= 11 is 0. The summed E-state index contributed by atoms with van der Waals surface area (Å²) in [5.41, 5.74) is 2.57. The van der Waals surface area contributed by atoms with Gasteiger partial charge < -0.3 is 15.2 Å². The average molecular weight is 321 g/mol. The van der Waals surface area contributed by atoms with Crippen molar-refractivity contribution in [3.8, 4) is 17.0 Å². The number of nitrogens with zero attached hydrogens (tertiary/aromatic N) is 2. The maximum atomic E-state index is 10.9. The van der Waals surface area contributed by atoms with Gasteiger partial charge >= 0.3 is 5.97 Å². The molecule has 2 aromatic carbocycles. The summed E-state index contributed by atoms with van der Waals surface area (Å²) in [4.78, 5) is 19.4. The quantitative estimate of drug-likeness (QED) is 0.747. The molecule has 24 heavy (non-hydrogen) atoms. The minimum Gasteiger partial charge on any atom is -0.496 e. The first-order chi connectivity index (χ1) is 11.7. The Bertz CT molecular complexity index is 863. The Hall–Kier alpha value is -3.41. The van der Waals surface area contributed by atoms with Crippen molar-refractivity contribution in [3.63, 3.8) is 0 Å². The van der Waals surface area contributed by atoms with Crippen LogP contribution in [0, 0.1) is 0 Å². The highest BCUT2D eigenvalue weighted by Gasteiger charge is 2.08. The van der Waals surface area contributed by atoms with E-state index in [1.807, 2.05) is 30.3 Å². The number of hydrogen-bond donors (Lipinski definition) is 2. The molecule has 0 radical (unpaired) electrons. The van der Waals surface area contributed by atoms with Crippen LogP contribution < -0.4 is 10.1 Å². The van der Waals surface area contributed by atoms with E-state index in [0.717, 1.165) is 22.7 Å². The lowest BCUT2D eigenvalue weighted by atomic mass is 10.1. The Morgan fingerprint density at radius 1 is 1.08 bits per heavy atom. The molecule has 0 spiro atoms. The number of anilines is 2. The number of nitrogens with one attached hydrogen (secondary N) is 1. The minimum atomic E-state index is -0.956. The topological polar surface area (TPSA) is 84.3 Å². The third-order valence-electron chi connectivity index (χ3n) is 3.45. The van der Waals surface area contributed by atoms with Crippen LogP contribution in [0.15, 0.2) is 60.9 Å². The van der Waals surface area contributed by atoms with Gasteiger partial charge in [-0.05, 0) is 36.4 Å². The number of hydrogen-bond acceptors (Lipinski definition) is 5. The maximum absolute atomic E-state index is 10.9. The molecule has 6 nitrogen and oxygen atoms in total. The van der Waals surface area contributed by atoms with Gasteiger partial charge in [0.2, 0.25) is 0 Å². The summed E-state index contributed by atoms with van der Waals surface area (Å²) in [7, 11) is 1.61. The number of carbonyl (C=O) groups is 1. The van der Waals surface area contributed by atoms with Gasteiger partial charge in [-0.15, -0.1) is 0 Å². The first-order valence-corrected chi connectivity index (χ1v) is 7.23. The standard InChI is InChI=1S/C18H15N3O3/c1-24-16-5-3-2-4-14(16)15-10-17(20-11-19-15)21-13-8-6-12(7-9-13)18(22)23/h2-11H,1H3,(H,22,23)(H,19,20,21). The Kier molecular flexibility index (Phi) is 4.38. The highest BCUT2D eigenvalue weighted by atomic mass is 16.5.